The summed E-state index contributed by atoms with van der Waals surface area (Å²) in [4.78, 5) is 5.02. The van der Waals surface area contributed by atoms with Crippen LogP contribution in [0.2, 0.25) is 0 Å². The zero-order chi connectivity index (χ0) is 66.8. The summed E-state index contributed by atoms with van der Waals surface area (Å²) in [5, 5.41) is 0. The summed E-state index contributed by atoms with van der Waals surface area (Å²) in [6.45, 7) is 2.26. The van der Waals surface area contributed by atoms with E-state index in [9.17, 15) is 0 Å². The maximum absolute atomic E-state index is 2.53. The minimum Gasteiger partial charge on any atom is -0.310 e. The summed E-state index contributed by atoms with van der Waals surface area (Å²) in [5.41, 5.74) is 39.0. The summed E-state index contributed by atoms with van der Waals surface area (Å²) < 4.78 is 0. The molecule has 4 aliphatic carbocycles. The lowest BCUT2D eigenvalue weighted by atomic mass is 9.70. The fourth-order valence-electron chi connectivity index (χ4n) is 18.0. The third-order valence-corrected chi connectivity index (χ3v) is 22.2. The molecule has 0 atom stereocenters. The van der Waals surface area contributed by atoms with Gasteiger partial charge in [-0.15, -0.1) is 0 Å². The maximum atomic E-state index is 2.53. The molecular weight excluding hydrogens is 1220 g/mol. The number of rotatable bonds is 11. The van der Waals surface area contributed by atoms with Crippen molar-refractivity contribution in [2.75, 3.05) is 9.80 Å². The molecule has 2 heteroatoms. The summed E-state index contributed by atoms with van der Waals surface area (Å²) >= 11 is 0. The number of hydrogen-bond acceptors (Lipinski definition) is 2. The molecular formula is C99H66N2. The van der Waals surface area contributed by atoms with Crippen molar-refractivity contribution in [2.24, 2.45) is 0 Å². The SMILES string of the molecule is Cc1cc(-c2ccccc2)ccc1N(c1ccc2c(c1)C1(c3ccccc3-c3ccccc31)c1cc(-c3cccc(-c4ccccc4N(c4ccc(-c5ccccc5)cc4)c4ccc5c(c4)C4(c6ccccc6-c6ccccc64)c4ccccc4-5)c3)ccc1-2)c1ccccc1-c1ccccc1. The normalized spacial score (nSPS) is 13.2. The molecule has 0 bridgehead atoms. The molecule has 20 rings (SSSR count). The van der Waals surface area contributed by atoms with Crippen molar-refractivity contribution in [3.63, 3.8) is 0 Å². The van der Waals surface area contributed by atoms with Gasteiger partial charge in [-0.05, 0) is 219 Å². The van der Waals surface area contributed by atoms with Crippen LogP contribution in [0, 0.1) is 6.92 Å². The van der Waals surface area contributed by atoms with E-state index in [1.807, 2.05) is 0 Å². The van der Waals surface area contributed by atoms with E-state index in [0.29, 0.717) is 0 Å². The quantitative estimate of drug-likeness (QED) is 0.127. The second-order valence-electron chi connectivity index (χ2n) is 27.4. The lowest BCUT2D eigenvalue weighted by Crippen LogP contribution is -2.26. The molecule has 2 nitrogen and oxygen atoms in total. The van der Waals surface area contributed by atoms with Crippen LogP contribution >= 0.6 is 0 Å². The van der Waals surface area contributed by atoms with Crippen molar-refractivity contribution in [2.45, 2.75) is 17.8 Å². The Morgan fingerprint density at radius 1 is 0.168 bits per heavy atom. The number of benzene rings is 16. The molecule has 0 radical (unpaired) electrons. The van der Waals surface area contributed by atoms with E-state index in [-0.39, 0.29) is 0 Å². The van der Waals surface area contributed by atoms with Crippen LogP contribution in [-0.4, -0.2) is 0 Å². The van der Waals surface area contributed by atoms with Gasteiger partial charge in [0.25, 0.3) is 0 Å². The number of fused-ring (bicyclic) bond motifs is 20. The highest BCUT2D eigenvalue weighted by Gasteiger charge is 2.53. The Labute approximate surface area is 590 Å². The maximum Gasteiger partial charge on any atom is 0.0726 e. The minimum absolute atomic E-state index is 0.503. The van der Waals surface area contributed by atoms with Gasteiger partial charge in [0.15, 0.2) is 0 Å². The third kappa shape index (κ3) is 8.78. The van der Waals surface area contributed by atoms with Gasteiger partial charge in [0.1, 0.15) is 0 Å². The van der Waals surface area contributed by atoms with Crippen LogP contribution in [0.5, 0.6) is 0 Å². The molecule has 0 amide bonds. The largest absolute Gasteiger partial charge is 0.310 e. The van der Waals surface area contributed by atoms with Crippen LogP contribution in [0.4, 0.5) is 34.1 Å². The monoisotopic (exact) mass is 1280 g/mol. The van der Waals surface area contributed by atoms with Crippen LogP contribution in [0.15, 0.2) is 382 Å². The average Bonchev–Trinajstić information content (AvgIpc) is 1.52. The first-order chi connectivity index (χ1) is 50.0. The highest BCUT2D eigenvalue weighted by atomic mass is 15.2. The van der Waals surface area contributed by atoms with Gasteiger partial charge in [-0.2, -0.15) is 0 Å². The number of hydrogen-bond donors (Lipinski definition) is 0. The van der Waals surface area contributed by atoms with E-state index in [4.69, 9.17) is 0 Å². The lowest BCUT2D eigenvalue weighted by molar-refractivity contribution is 0.793. The van der Waals surface area contributed by atoms with E-state index in [1.54, 1.807) is 0 Å². The Hall–Kier alpha value is -12.9. The lowest BCUT2D eigenvalue weighted by Gasteiger charge is -2.33. The van der Waals surface area contributed by atoms with Crippen LogP contribution in [0.3, 0.4) is 0 Å². The predicted octanol–water partition coefficient (Wildman–Crippen LogP) is 26.0. The van der Waals surface area contributed by atoms with Gasteiger partial charge in [-0.1, -0.05) is 309 Å². The van der Waals surface area contributed by atoms with Crippen molar-refractivity contribution in [1.29, 1.82) is 0 Å². The van der Waals surface area contributed by atoms with Crippen molar-refractivity contribution in [3.05, 3.63) is 432 Å². The minimum atomic E-state index is -0.639. The molecule has 16 aromatic carbocycles. The second-order valence-corrected chi connectivity index (χ2v) is 27.4. The summed E-state index contributed by atoms with van der Waals surface area (Å²) in [5.74, 6) is 0. The fraction of sp³-hybridized carbons (Fsp3) is 0.0303. The zero-order valence-electron chi connectivity index (χ0n) is 55.8. The summed E-state index contributed by atoms with van der Waals surface area (Å²) in [6, 6.07) is 143. The Morgan fingerprint density at radius 2 is 0.475 bits per heavy atom. The van der Waals surface area contributed by atoms with Crippen LogP contribution < -0.4 is 9.80 Å². The molecule has 0 saturated heterocycles. The van der Waals surface area contributed by atoms with E-state index in [1.165, 1.54) is 134 Å². The van der Waals surface area contributed by atoms with Crippen molar-refractivity contribution in [1.82, 2.24) is 0 Å². The van der Waals surface area contributed by atoms with Crippen molar-refractivity contribution >= 4 is 34.1 Å². The van der Waals surface area contributed by atoms with Crippen LogP contribution in [0.1, 0.15) is 50.1 Å². The molecule has 0 unspecified atom stereocenters. The van der Waals surface area contributed by atoms with Gasteiger partial charge < -0.3 is 9.80 Å². The molecule has 0 fully saturated rings. The molecule has 472 valence electrons. The van der Waals surface area contributed by atoms with Crippen LogP contribution in [0.25, 0.3) is 100 Å². The van der Waals surface area contributed by atoms with E-state index >= 15 is 0 Å². The molecule has 4 aliphatic rings. The van der Waals surface area contributed by atoms with Gasteiger partial charge >= 0.3 is 0 Å². The smallest absolute Gasteiger partial charge is 0.0726 e. The highest BCUT2D eigenvalue weighted by molar-refractivity contribution is 6.01. The number of nitrogens with zero attached hydrogens (tertiary/aromatic N) is 2. The molecule has 16 aromatic rings. The van der Waals surface area contributed by atoms with E-state index < -0.39 is 10.8 Å². The highest BCUT2D eigenvalue weighted by Crippen LogP contribution is 2.66. The topological polar surface area (TPSA) is 6.48 Å². The Morgan fingerprint density at radius 3 is 0.980 bits per heavy atom. The first-order valence-corrected chi connectivity index (χ1v) is 35.2. The number of aryl methyl sites for hydroxylation is 1. The summed E-state index contributed by atoms with van der Waals surface area (Å²) in [6.07, 6.45) is 0. The van der Waals surface area contributed by atoms with Gasteiger partial charge in [0, 0.05) is 33.9 Å². The number of anilines is 6. The van der Waals surface area contributed by atoms with Gasteiger partial charge in [-0.25, -0.2) is 0 Å². The molecule has 2 spiro atoms. The predicted molar refractivity (Wildman–Crippen MR) is 420 cm³/mol. The molecule has 101 heavy (non-hydrogen) atoms. The van der Waals surface area contributed by atoms with Crippen molar-refractivity contribution < 1.29 is 0 Å². The van der Waals surface area contributed by atoms with Gasteiger partial charge in [-0.3, -0.25) is 0 Å². The second kappa shape index (κ2) is 23.1. The fourth-order valence-corrected chi connectivity index (χ4v) is 18.0. The molecule has 0 heterocycles. The Balaban J connectivity index is 0.747. The Kier molecular flexibility index (Phi) is 13.4. The standard InChI is InChI=1S/C99H66N2/c1-65-60-71(67-28-7-3-8-29-67)51-59-95(65)101(97-47-24-16-34-77(97)69-30-9-4-10-31-69)76-55-58-86-84-56-50-72(62-92(84)99(94(86)64-76)90-44-21-13-38-81(90)82-39-14-22-45-91(82)99)70-32-25-33-73(61-70)78-35-17-23-46-96(78)100(74-52-48-68(49-53-74)66-26-5-2-6-27-66)75-54-57-85-83-40-15-20-43-89(83)98(93(85)63-75)87-41-18-11-36-79(87)80-37-12-19-42-88(80)98/h2-64H,1H3. The summed E-state index contributed by atoms with van der Waals surface area (Å²) in [7, 11) is 0. The molecule has 0 aliphatic heterocycles. The van der Waals surface area contributed by atoms with Crippen molar-refractivity contribution in [3.8, 4) is 100 Å². The van der Waals surface area contributed by atoms with E-state index in [0.717, 1.165) is 50.8 Å². The first kappa shape index (κ1) is 58.3. The first-order valence-electron chi connectivity index (χ1n) is 35.2. The van der Waals surface area contributed by atoms with Crippen LogP contribution in [-0.2, 0) is 10.8 Å². The molecule has 0 saturated carbocycles. The zero-order valence-corrected chi connectivity index (χ0v) is 55.8. The van der Waals surface area contributed by atoms with Gasteiger partial charge in [0.2, 0.25) is 0 Å². The third-order valence-electron chi connectivity index (χ3n) is 22.2. The van der Waals surface area contributed by atoms with E-state index in [2.05, 4.69) is 399 Å². The Bertz CT molecular complexity index is 5870. The molecule has 0 aromatic heterocycles. The average molecular weight is 1280 g/mol. The number of para-hydroxylation sites is 2. The van der Waals surface area contributed by atoms with Gasteiger partial charge in [0.05, 0.1) is 22.2 Å². The molecule has 0 N–H and O–H groups in total.